The number of halogens is 1. The van der Waals surface area contributed by atoms with Crippen LogP contribution in [0.1, 0.15) is 5.56 Å². The smallest absolute Gasteiger partial charge is 0.269 e. The summed E-state index contributed by atoms with van der Waals surface area (Å²) in [6.45, 7) is 1.68. The molecule has 0 saturated carbocycles. The SMILES string of the molecule is C[N+](C)(C)CCO.Cl.NC(=O)[O-].NCCc1ccc([N+](=O)[O-])cc1. The maximum atomic E-state index is 10.3. The molecule has 0 aliphatic heterocycles. The van der Waals surface area contributed by atoms with Gasteiger partial charge in [0, 0.05) is 12.1 Å². The van der Waals surface area contributed by atoms with Gasteiger partial charge in [0.1, 0.15) is 12.6 Å². The van der Waals surface area contributed by atoms with Crippen molar-refractivity contribution in [2.45, 2.75) is 6.42 Å². The Bertz CT molecular complexity index is 459. The first kappa shape index (κ1) is 26.9. The summed E-state index contributed by atoms with van der Waals surface area (Å²) in [7, 11) is 6.16. The van der Waals surface area contributed by atoms with E-state index >= 15 is 0 Å². The quantitative estimate of drug-likeness (QED) is 0.362. The van der Waals surface area contributed by atoms with Crippen molar-refractivity contribution in [1.29, 1.82) is 0 Å². The van der Waals surface area contributed by atoms with Gasteiger partial charge in [-0.3, -0.25) is 10.1 Å². The molecule has 0 fully saturated rings. The maximum absolute atomic E-state index is 10.3. The number of benzene rings is 1. The van der Waals surface area contributed by atoms with Crippen LogP contribution in [0, 0.1) is 10.1 Å². The van der Waals surface area contributed by atoms with E-state index in [2.05, 4.69) is 26.9 Å². The number of carboxylic acid groups (broad SMARTS) is 1. The predicted molar refractivity (Wildman–Crippen MR) is 92.7 cm³/mol. The number of nitrogens with two attached hydrogens (primary N) is 2. The fraction of sp³-hybridized carbons (Fsp3) is 0.500. The Kier molecular flexibility index (Phi) is 16.4. The first-order valence-electron chi connectivity index (χ1n) is 6.84. The summed E-state index contributed by atoms with van der Waals surface area (Å²) in [6, 6.07) is 6.44. The summed E-state index contributed by atoms with van der Waals surface area (Å²) in [5.41, 5.74) is 10.4. The zero-order chi connectivity index (χ0) is 18.5. The van der Waals surface area contributed by atoms with Crippen LogP contribution in [0.4, 0.5) is 10.5 Å². The summed E-state index contributed by atoms with van der Waals surface area (Å²) >= 11 is 0. The van der Waals surface area contributed by atoms with Gasteiger partial charge in [-0.15, -0.1) is 12.4 Å². The summed E-state index contributed by atoms with van der Waals surface area (Å²) < 4.78 is 0.844. The molecule has 1 aromatic rings. The highest BCUT2D eigenvalue weighted by molar-refractivity contribution is 5.85. The number of nitro groups is 1. The van der Waals surface area contributed by atoms with Crippen LogP contribution < -0.4 is 16.6 Å². The van der Waals surface area contributed by atoms with Crippen molar-refractivity contribution in [3.05, 3.63) is 39.9 Å². The molecule has 9 nitrogen and oxygen atoms in total. The van der Waals surface area contributed by atoms with Gasteiger partial charge in [0.05, 0.1) is 32.7 Å². The van der Waals surface area contributed by atoms with Gasteiger partial charge in [0.25, 0.3) is 5.69 Å². The molecular formula is C14H27ClN4O5. The van der Waals surface area contributed by atoms with Crippen molar-refractivity contribution in [3.8, 4) is 0 Å². The molecule has 0 bridgehead atoms. The van der Waals surface area contributed by atoms with Crippen molar-refractivity contribution in [2.75, 3.05) is 40.8 Å². The highest BCUT2D eigenvalue weighted by atomic mass is 35.5. The fourth-order valence-corrected chi connectivity index (χ4v) is 1.25. The third kappa shape index (κ3) is 20.1. The van der Waals surface area contributed by atoms with E-state index in [1.807, 2.05) is 0 Å². The Balaban J connectivity index is -0.000000316. The van der Waals surface area contributed by atoms with Crippen LogP contribution in [0.25, 0.3) is 0 Å². The number of quaternary nitrogens is 1. The average molecular weight is 367 g/mol. The van der Waals surface area contributed by atoms with Crippen LogP contribution in [-0.4, -0.2) is 61.4 Å². The van der Waals surface area contributed by atoms with Crippen molar-refractivity contribution >= 4 is 24.2 Å². The first-order valence-corrected chi connectivity index (χ1v) is 6.84. The molecule has 10 heteroatoms. The molecule has 140 valence electrons. The number of rotatable bonds is 5. The number of hydrogen-bond acceptors (Lipinski definition) is 6. The second kappa shape index (κ2) is 14.6. The monoisotopic (exact) mass is 366 g/mol. The van der Waals surface area contributed by atoms with Gasteiger partial charge >= 0.3 is 0 Å². The zero-order valence-electron chi connectivity index (χ0n) is 14.2. The van der Waals surface area contributed by atoms with Gasteiger partial charge in [0.2, 0.25) is 0 Å². The summed E-state index contributed by atoms with van der Waals surface area (Å²) in [6.07, 6.45) is -0.821. The summed E-state index contributed by atoms with van der Waals surface area (Å²) in [5.74, 6) is 0. The van der Waals surface area contributed by atoms with E-state index in [4.69, 9.17) is 20.7 Å². The molecule has 0 atom stereocenters. The van der Waals surface area contributed by atoms with Gasteiger partial charge in [-0.2, -0.15) is 0 Å². The maximum Gasteiger partial charge on any atom is 0.269 e. The van der Waals surface area contributed by atoms with Crippen LogP contribution >= 0.6 is 12.4 Å². The Labute approximate surface area is 148 Å². The molecule has 0 aliphatic rings. The minimum atomic E-state index is -1.58. The van der Waals surface area contributed by atoms with Crippen molar-refractivity contribution in [3.63, 3.8) is 0 Å². The van der Waals surface area contributed by atoms with Crippen LogP contribution in [0.2, 0.25) is 0 Å². The second-order valence-electron chi connectivity index (χ2n) is 5.52. The average Bonchev–Trinajstić information content (AvgIpc) is 2.38. The molecule has 1 amide bonds. The summed E-state index contributed by atoms with van der Waals surface area (Å²) in [4.78, 5) is 18.5. The number of aliphatic hydroxyl groups is 1. The highest BCUT2D eigenvalue weighted by Gasteiger charge is 2.03. The van der Waals surface area contributed by atoms with Crippen LogP contribution in [0.3, 0.4) is 0 Å². The van der Waals surface area contributed by atoms with E-state index in [0.717, 1.165) is 23.0 Å². The van der Waals surface area contributed by atoms with Gasteiger partial charge < -0.3 is 31.0 Å². The number of amides is 1. The lowest BCUT2D eigenvalue weighted by Crippen LogP contribution is -2.36. The van der Waals surface area contributed by atoms with Crippen molar-refractivity contribution in [1.82, 2.24) is 0 Å². The topological polar surface area (TPSA) is 156 Å². The molecule has 0 aliphatic carbocycles. The highest BCUT2D eigenvalue weighted by Crippen LogP contribution is 2.11. The Morgan fingerprint density at radius 2 is 1.67 bits per heavy atom. The number of nitro benzene ring substituents is 1. The number of carbonyl (C=O) groups excluding carboxylic acids is 1. The number of carbonyl (C=O) groups is 1. The number of hydrogen-bond donors (Lipinski definition) is 3. The molecule has 0 saturated heterocycles. The molecule has 0 aromatic heterocycles. The Morgan fingerprint density at radius 3 is 1.88 bits per heavy atom. The van der Waals surface area contributed by atoms with E-state index in [-0.39, 0.29) is 24.7 Å². The lowest BCUT2D eigenvalue weighted by Gasteiger charge is -2.21. The number of primary amides is 1. The molecule has 1 rings (SSSR count). The molecule has 1 aromatic carbocycles. The third-order valence-corrected chi connectivity index (χ3v) is 2.35. The van der Waals surface area contributed by atoms with Crippen molar-refractivity contribution < 1.29 is 24.4 Å². The van der Waals surface area contributed by atoms with Gasteiger partial charge in [-0.1, -0.05) is 12.1 Å². The first-order chi connectivity index (χ1) is 10.5. The lowest BCUT2D eigenvalue weighted by molar-refractivity contribution is -0.870. The number of likely N-dealkylation sites (N-methyl/N-ethyl adjacent to an activating group) is 1. The molecule has 0 unspecified atom stereocenters. The zero-order valence-corrected chi connectivity index (χ0v) is 15.0. The van der Waals surface area contributed by atoms with Crippen LogP contribution in [0.15, 0.2) is 24.3 Å². The van der Waals surface area contributed by atoms with Gasteiger partial charge in [0.15, 0.2) is 0 Å². The van der Waals surface area contributed by atoms with E-state index in [1.54, 1.807) is 12.1 Å². The minimum absolute atomic E-state index is 0. The van der Waals surface area contributed by atoms with E-state index < -0.39 is 11.0 Å². The molecule has 0 radical (unpaired) electrons. The van der Waals surface area contributed by atoms with E-state index in [0.29, 0.717) is 6.54 Å². The third-order valence-electron chi connectivity index (χ3n) is 2.35. The molecule has 5 N–H and O–H groups in total. The number of nitrogens with zero attached hydrogens (tertiary/aromatic N) is 2. The predicted octanol–water partition coefficient (Wildman–Crippen LogP) is -0.509. The van der Waals surface area contributed by atoms with Gasteiger partial charge in [-0.05, 0) is 18.5 Å². The molecule has 0 heterocycles. The molecular weight excluding hydrogens is 340 g/mol. The Hall–Kier alpha value is -1.94. The fourth-order valence-electron chi connectivity index (χ4n) is 1.25. The number of non-ortho nitro benzene ring substituents is 1. The molecule has 0 spiro atoms. The normalized spacial score (nSPS) is 9.38. The lowest BCUT2D eigenvalue weighted by atomic mass is 10.1. The Morgan fingerprint density at radius 1 is 1.25 bits per heavy atom. The second-order valence-corrected chi connectivity index (χ2v) is 5.52. The van der Waals surface area contributed by atoms with Crippen molar-refractivity contribution in [2.24, 2.45) is 11.5 Å². The largest absolute Gasteiger partial charge is 0.530 e. The molecule has 24 heavy (non-hydrogen) atoms. The number of aliphatic hydroxyl groups excluding tert-OH is 1. The summed E-state index contributed by atoms with van der Waals surface area (Å²) in [5, 5.41) is 27.3. The van der Waals surface area contributed by atoms with Crippen LogP contribution in [-0.2, 0) is 6.42 Å². The standard InChI is InChI=1S/C8H10N2O2.C5H14NO.CH3NO2.ClH/c9-6-5-7-1-3-8(4-2-7)10(11)12;1-6(2,3)4-5-7;2-1(3)4;/h1-4H,5-6,9H2;7H,4-5H2,1-3H3;2H2,(H,3,4);1H/q;+1;;/p-1. The van der Waals surface area contributed by atoms with E-state index in [1.165, 1.54) is 12.1 Å². The van der Waals surface area contributed by atoms with E-state index in [9.17, 15) is 10.1 Å². The van der Waals surface area contributed by atoms with Gasteiger partial charge in [-0.25, -0.2) is 0 Å². The van der Waals surface area contributed by atoms with Crippen LogP contribution in [0.5, 0.6) is 0 Å². The minimum Gasteiger partial charge on any atom is -0.530 e.